The first-order valence-electron chi connectivity index (χ1n) is 19.7. The number of hydrogen-bond donors (Lipinski definition) is 5. The van der Waals surface area contributed by atoms with E-state index in [2.05, 4.69) is 36.0 Å². The summed E-state index contributed by atoms with van der Waals surface area (Å²) in [4.78, 5) is 64.9. The number of carbonyl (C=O) groups is 4. The fourth-order valence-corrected chi connectivity index (χ4v) is 6.88. The van der Waals surface area contributed by atoms with Crippen LogP contribution in [-0.2, 0) is 36.2 Å². The zero-order valence-electron chi connectivity index (χ0n) is 33.7. The van der Waals surface area contributed by atoms with Gasteiger partial charge in [-0.2, -0.15) is 22.7 Å². The van der Waals surface area contributed by atoms with Gasteiger partial charge in [-0.1, -0.05) is 24.3 Å². The van der Waals surface area contributed by atoms with Crippen molar-refractivity contribution in [1.29, 1.82) is 0 Å². The molecule has 1 saturated carbocycles. The molecule has 0 spiro atoms. The number of halogens is 4. The number of aliphatic carboxylic acids is 1. The Morgan fingerprint density at radius 3 is 2.13 bits per heavy atom. The monoisotopic (exact) mass is 853 g/mol. The molecule has 2 fully saturated rings. The van der Waals surface area contributed by atoms with E-state index in [1.165, 1.54) is 24.3 Å². The third kappa shape index (κ3) is 11.2. The number of carbonyl (C=O) groups excluding carboxylic acids is 3. The van der Waals surface area contributed by atoms with E-state index in [9.17, 15) is 36.7 Å². The largest absolute Gasteiger partial charge is 0.477 e. The average Bonchev–Trinajstić information content (AvgIpc) is 3.75. The number of hydrogen-bond acceptors (Lipinski definition) is 11. The minimum Gasteiger partial charge on any atom is -0.477 e. The summed E-state index contributed by atoms with van der Waals surface area (Å²) in [6.07, 6.45) is 5.56. The molecule has 20 heteroatoms. The van der Waals surface area contributed by atoms with Crippen molar-refractivity contribution >= 4 is 35.5 Å². The first-order valence-corrected chi connectivity index (χ1v) is 19.7. The summed E-state index contributed by atoms with van der Waals surface area (Å²) < 4.78 is 66.7. The number of benzene rings is 2. The number of anilines is 2. The van der Waals surface area contributed by atoms with E-state index in [1.54, 1.807) is 38.3 Å². The number of alkyl halides is 4. The highest BCUT2D eigenvalue weighted by Gasteiger charge is 2.65. The van der Waals surface area contributed by atoms with Crippen molar-refractivity contribution in [1.82, 2.24) is 35.8 Å². The third-order valence-electron chi connectivity index (χ3n) is 10.3. The smallest absolute Gasteiger partial charge is 0.411 e. The highest BCUT2D eigenvalue weighted by atomic mass is 19.3. The van der Waals surface area contributed by atoms with Crippen LogP contribution in [-0.4, -0.2) is 105 Å². The van der Waals surface area contributed by atoms with Gasteiger partial charge in [0.05, 0.1) is 13.2 Å². The van der Waals surface area contributed by atoms with Crippen molar-refractivity contribution in [2.24, 2.45) is 11.8 Å². The zero-order valence-corrected chi connectivity index (χ0v) is 33.7. The molecular weight excluding hydrogens is 806 g/mol. The molecule has 61 heavy (non-hydrogen) atoms. The summed E-state index contributed by atoms with van der Waals surface area (Å²) in [5, 5.41) is 22.3. The molecule has 1 saturated heterocycles. The van der Waals surface area contributed by atoms with E-state index in [1.807, 2.05) is 29.2 Å². The van der Waals surface area contributed by atoms with Gasteiger partial charge >= 0.3 is 23.9 Å². The molecule has 3 amide bonds. The molecule has 2 aromatic carbocycles. The van der Waals surface area contributed by atoms with Crippen LogP contribution in [0, 0.1) is 11.8 Å². The minimum absolute atomic E-state index is 0.0953. The van der Waals surface area contributed by atoms with Crippen LogP contribution in [0.15, 0.2) is 60.9 Å². The van der Waals surface area contributed by atoms with Crippen LogP contribution in [0.2, 0.25) is 0 Å². The number of ether oxygens (including phenoxy) is 2. The number of H-pyrrole nitrogens is 1. The SMILES string of the molecule is CC(C)(C)OC(=O)NCC1CCC(C(=O)NC(Cc2ccc(-c3cnc(N4CCOCC4)nc3)cc2)C(=O)Nc2ccc(-c3n[nH]c(C(F)(F)C(F)(F)C(=O)O)n3)cc2)CC1. The lowest BCUT2D eigenvalue weighted by atomic mass is 9.81. The van der Waals surface area contributed by atoms with Gasteiger partial charge in [-0.3, -0.25) is 14.7 Å². The molecular formula is C41H47F4N9O7. The van der Waals surface area contributed by atoms with E-state index in [-0.39, 0.29) is 35.4 Å². The lowest BCUT2D eigenvalue weighted by Crippen LogP contribution is -2.48. The Bertz CT molecular complexity index is 2150. The van der Waals surface area contributed by atoms with Crippen molar-refractivity contribution < 1.29 is 51.3 Å². The third-order valence-corrected chi connectivity index (χ3v) is 10.3. The maximum atomic E-state index is 14.3. The number of nitrogens with zero attached hydrogens (tertiary/aromatic N) is 5. The Morgan fingerprint density at radius 1 is 0.902 bits per heavy atom. The molecule has 0 bridgehead atoms. The molecule has 16 nitrogen and oxygen atoms in total. The van der Waals surface area contributed by atoms with Gasteiger partial charge in [-0.05, 0) is 87.8 Å². The van der Waals surface area contributed by atoms with Gasteiger partial charge in [0.25, 0.3) is 0 Å². The molecule has 1 aliphatic carbocycles. The van der Waals surface area contributed by atoms with Crippen LogP contribution < -0.4 is 20.9 Å². The van der Waals surface area contributed by atoms with Crippen LogP contribution in [0.5, 0.6) is 0 Å². The topological polar surface area (TPSA) is 214 Å². The van der Waals surface area contributed by atoms with E-state index in [4.69, 9.17) is 14.6 Å². The number of rotatable bonds is 14. The maximum absolute atomic E-state index is 14.3. The van der Waals surface area contributed by atoms with E-state index >= 15 is 0 Å². The average molecular weight is 854 g/mol. The summed E-state index contributed by atoms with van der Waals surface area (Å²) in [5.41, 5.74) is 2.10. The van der Waals surface area contributed by atoms with Crippen molar-refractivity contribution in [2.75, 3.05) is 43.1 Å². The Hall–Kier alpha value is -6.18. The summed E-state index contributed by atoms with van der Waals surface area (Å²) >= 11 is 0. The number of aromatic nitrogens is 5. The molecule has 6 rings (SSSR count). The number of carboxylic acids is 1. The molecule has 5 N–H and O–H groups in total. The van der Waals surface area contributed by atoms with Gasteiger partial charge in [-0.15, -0.1) is 0 Å². The highest BCUT2D eigenvalue weighted by Crippen LogP contribution is 2.42. The Balaban J connectivity index is 1.12. The lowest BCUT2D eigenvalue weighted by Gasteiger charge is -2.29. The van der Waals surface area contributed by atoms with Crippen LogP contribution in [0.1, 0.15) is 57.8 Å². The van der Waals surface area contributed by atoms with Crippen molar-refractivity contribution in [3.63, 3.8) is 0 Å². The van der Waals surface area contributed by atoms with E-state index in [0.29, 0.717) is 64.5 Å². The maximum Gasteiger partial charge on any atom is 0.411 e. The fourth-order valence-electron chi connectivity index (χ4n) is 6.88. The Labute approximate surface area is 348 Å². The quantitative estimate of drug-likeness (QED) is 0.0985. The second-order valence-electron chi connectivity index (χ2n) is 16.0. The molecule has 326 valence electrons. The van der Waals surface area contributed by atoms with Crippen LogP contribution in [0.3, 0.4) is 0 Å². The lowest BCUT2D eigenvalue weighted by molar-refractivity contribution is -0.231. The zero-order chi connectivity index (χ0) is 44.0. The normalized spacial score (nSPS) is 17.9. The summed E-state index contributed by atoms with van der Waals surface area (Å²) in [5.74, 6) is -16.2. The van der Waals surface area contributed by atoms with Gasteiger partial charge in [-0.25, -0.2) is 24.5 Å². The van der Waals surface area contributed by atoms with Crippen LogP contribution in [0.4, 0.5) is 34.0 Å². The van der Waals surface area contributed by atoms with Crippen molar-refractivity contribution in [2.45, 2.75) is 76.4 Å². The summed E-state index contributed by atoms with van der Waals surface area (Å²) in [6.45, 7) is 8.38. The van der Waals surface area contributed by atoms with Gasteiger partial charge in [0.2, 0.25) is 23.6 Å². The molecule has 3 heterocycles. The molecule has 2 aliphatic rings. The number of aromatic amines is 1. The van der Waals surface area contributed by atoms with E-state index in [0.717, 1.165) is 16.7 Å². The standard InChI is InChI=1S/C41H47F4N9O7/c1-39(2,3)61-38(59)48-21-25-6-10-28(11-7-25)33(55)50-31(20-24-4-8-26(9-5-24)29-22-46-37(47-23-29)54-16-18-60-19-17-54)34(56)49-30-14-12-27(13-15-30)32-51-35(53-52-32)40(42,43)41(44,45)36(57)58/h4-5,8-9,12-15,22-23,25,28,31H,6-7,10-11,16-21H2,1-3H3,(H,48,59)(H,49,56)(H,50,55)(H,57,58)(H,51,52,53). The number of alkyl carbamates (subject to hydrolysis) is 1. The Kier molecular flexibility index (Phi) is 13.5. The Morgan fingerprint density at radius 2 is 1.52 bits per heavy atom. The predicted molar refractivity (Wildman–Crippen MR) is 213 cm³/mol. The first-order chi connectivity index (χ1) is 28.9. The number of carboxylic acid groups (broad SMARTS) is 1. The summed E-state index contributed by atoms with van der Waals surface area (Å²) in [7, 11) is 0. The van der Waals surface area contributed by atoms with Crippen molar-refractivity contribution in [3.8, 4) is 22.5 Å². The summed E-state index contributed by atoms with van der Waals surface area (Å²) in [6, 6.07) is 11.9. The minimum atomic E-state index is -5.45. The van der Waals surface area contributed by atoms with Gasteiger partial charge < -0.3 is 35.4 Å². The molecule has 2 aromatic heterocycles. The molecule has 1 aliphatic heterocycles. The predicted octanol–water partition coefficient (Wildman–Crippen LogP) is 5.57. The number of amides is 3. The van der Waals surface area contributed by atoms with Crippen LogP contribution >= 0.6 is 0 Å². The molecule has 1 atom stereocenters. The van der Waals surface area contributed by atoms with Crippen molar-refractivity contribution in [3.05, 3.63) is 72.3 Å². The molecule has 4 aromatic rings. The first kappa shape index (κ1) is 44.4. The van der Waals surface area contributed by atoms with Gasteiger partial charge in [0, 0.05) is 61.2 Å². The van der Waals surface area contributed by atoms with Gasteiger partial charge in [0.1, 0.15) is 11.6 Å². The molecule has 1 unspecified atom stereocenters. The number of morpholine rings is 1. The van der Waals surface area contributed by atoms with E-state index < -0.39 is 53.1 Å². The number of nitrogens with one attached hydrogen (secondary N) is 4. The highest BCUT2D eigenvalue weighted by molar-refractivity contribution is 5.97. The fraction of sp³-hybridized carbons (Fsp3) is 0.463. The molecule has 0 radical (unpaired) electrons. The van der Waals surface area contributed by atoms with Crippen LogP contribution in [0.25, 0.3) is 22.5 Å². The second-order valence-corrected chi connectivity index (χ2v) is 16.0. The second kappa shape index (κ2) is 18.6. The van der Waals surface area contributed by atoms with Gasteiger partial charge in [0.15, 0.2) is 5.82 Å².